The lowest BCUT2D eigenvalue weighted by Gasteiger charge is -2.19. The first-order valence-corrected chi connectivity index (χ1v) is 3.90. The number of rotatable bonds is 0. The molecule has 0 aromatic carbocycles. The van der Waals surface area contributed by atoms with Gasteiger partial charge in [-0.1, -0.05) is 23.8 Å². The van der Waals surface area contributed by atoms with E-state index in [0.717, 1.165) is 0 Å². The van der Waals surface area contributed by atoms with Crippen molar-refractivity contribution in [1.29, 1.82) is 0 Å². The molecule has 1 rings (SSSR count). The van der Waals surface area contributed by atoms with Gasteiger partial charge in [-0.25, -0.2) is 0 Å². The van der Waals surface area contributed by atoms with Crippen LogP contribution in [0.1, 0.15) is 13.3 Å². The molecule has 0 saturated carbocycles. The SMILES string of the molecule is CC1=CC(C(F)(F)F)CC=C1Cl. The van der Waals surface area contributed by atoms with E-state index in [1.54, 1.807) is 6.92 Å². The molecule has 0 bridgehead atoms. The molecular weight excluding hydrogens is 189 g/mol. The maximum absolute atomic E-state index is 12.1. The molecule has 1 atom stereocenters. The largest absolute Gasteiger partial charge is 0.395 e. The Hall–Kier alpha value is -0.440. The van der Waals surface area contributed by atoms with Crippen LogP contribution < -0.4 is 0 Å². The zero-order valence-corrected chi connectivity index (χ0v) is 7.21. The molecule has 0 aromatic rings. The maximum Gasteiger partial charge on any atom is 0.395 e. The maximum atomic E-state index is 12.1. The van der Waals surface area contributed by atoms with Crippen LogP contribution in [0.2, 0.25) is 0 Å². The fourth-order valence-electron chi connectivity index (χ4n) is 1.07. The van der Waals surface area contributed by atoms with Crippen LogP contribution in [0.4, 0.5) is 13.2 Å². The molecular formula is C8H8ClF3. The summed E-state index contributed by atoms with van der Waals surface area (Å²) in [5.74, 6) is -1.36. The van der Waals surface area contributed by atoms with E-state index in [4.69, 9.17) is 11.6 Å². The quantitative estimate of drug-likeness (QED) is 0.555. The standard InChI is InChI=1S/C8H8ClF3/c1-5-4-6(8(10,11)12)2-3-7(5)9/h3-4,6H,2H2,1H3. The first kappa shape index (κ1) is 9.65. The van der Waals surface area contributed by atoms with E-state index in [9.17, 15) is 13.2 Å². The smallest absolute Gasteiger partial charge is 0.170 e. The highest BCUT2D eigenvalue weighted by molar-refractivity contribution is 6.32. The Kier molecular flexibility index (Phi) is 2.52. The van der Waals surface area contributed by atoms with Gasteiger partial charge in [0.2, 0.25) is 0 Å². The van der Waals surface area contributed by atoms with Gasteiger partial charge in [0, 0.05) is 5.03 Å². The summed E-state index contributed by atoms with van der Waals surface area (Å²) < 4.78 is 36.4. The molecule has 1 aliphatic rings. The molecule has 0 N–H and O–H groups in total. The Labute approximate surface area is 73.7 Å². The van der Waals surface area contributed by atoms with Crippen molar-refractivity contribution < 1.29 is 13.2 Å². The molecule has 0 fully saturated rings. The van der Waals surface area contributed by atoms with Crippen molar-refractivity contribution in [3.05, 3.63) is 22.8 Å². The molecule has 1 unspecified atom stereocenters. The van der Waals surface area contributed by atoms with E-state index in [0.29, 0.717) is 10.6 Å². The Balaban J connectivity index is 2.79. The molecule has 0 spiro atoms. The van der Waals surface area contributed by atoms with Gasteiger partial charge in [-0.15, -0.1) is 0 Å². The van der Waals surface area contributed by atoms with E-state index in [-0.39, 0.29) is 6.42 Å². The molecule has 12 heavy (non-hydrogen) atoms. The number of allylic oxidation sites excluding steroid dienone is 4. The Morgan fingerprint density at radius 1 is 1.50 bits per heavy atom. The third-order valence-corrected chi connectivity index (χ3v) is 2.25. The predicted octanol–water partition coefficient (Wildman–Crippen LogP) is 3.64. The highest BCUT2D eigenvalue weighted by Gasteiger charge is 2.38. The summed E-state index contributed by atoms with van der Waals surface area (Å²) in [4.78, 5) is 0. The summed E-state index contributed by atoms with van der Waals surface area (Å²) in [5, 5.41) is 0.426. The van der Waals surface area contributed by atoms with Crippen LogP contribution in [-0.4, -0.2) is 6.18 Å². The minimum atomic E-state index is -4.14. The number of hydrogen-bond acceptors (Lipinski definition) is 0. The molecule has 0 aliphatic heterocycles. The molecule has 0 saturated heterocycles. The fourth-order valence-corrected chi connectivity index (χ4v) is 1.22. The van der Waals surface area contributed by atoms with Gasteiger partial charge in [-0.3, -0.25) is 0 Å². The predicted molar refractivity (Wildman–Crippen MR) is 41.9 cm³/mol. The molecule has 0 aromatic heterocycles. The highest BCUT2D eigenvalue weighted by atomic mass is 35.5. The molecule has 1 aliphatic carbocycles. The van der Waals surface area contributed by atoms with Crippen molar-refractivity contribution in [1.82, 2.24) is 0 Å². The lowest BCUT2D eigenvalue weighted by molar-refractivity contribution is -0.160. The summed E-state index contributed by atoms with van der Waals surface area (Å²) in [7, 11) is 0. The average Bonchev–Trinajstić information content (AvgIpc) is 1.92. The van der Waals surface area contributed by atoms with Crippen molar-refractivity contribution in [3.63, 3.8) is 0 Å². The van der Waals surface area contributed by atoms with Crippen LogP contribution in [0, 0.1) is 5.92 Å². The van der Waals surface area contributed by atoms with Crippen molar-refractivity contribution in [2.24, 2.45) is 5.92 Å². The molecule has 0 amide bonds. The van der Waals surface area contributed by atoms with Crippen LogP contribution in [0.3, 0.4) is 0 Å². The molecule has 68 valence electrons. The molecule has 0 radical (unpaired) electrons. The summed E-state index contributed by atoms with van der Waals surface area (Å²) in [6.07, 6.45) is -1.60. The van der Waals surface area contributed by atoms with Crippen LogP contribution in [0.15, 0.2) is 22.8 Å². The minimum Gasteiger partial charge on any atom is -0.170 e. The van der Waals surface area contributed by atoms with Crippen molar-refractivity contribution in [2.75, 3.05) is 0 Å². The van der Waals surface area contributed by atoms with Crippen LogP contribution >= 0.6 is 11.6 Å². The van der Waals surface area contributed by atoms with Crippen molar-refractivity contribution >= 4 is 11.6 Å². The molecule has 0 heterocycles. The van der Waals surface area contributed by atoms with Crippen LogP contribution in [-0.2, 0) is 0 Å². The summed E-state index contributed by atoms with van der Waals surface area (Å²) in [6.45, 7) is 1.58. The second-order valence-electron chi connectivity index (χ2n) is 2.79. The second-order valence-corrected chi connectivity index (χ2v) is 3.19. The number of halogens is 4. The highest BCUT2D eigenvalue weighted by Crippen LogP contribution is 2.36. The van der Waals surface area contributed by atoms with Gasteiger partial charge in [0.15, 0.2) is 0 Å². The summed E-state index contributed by atoms with van der Waals surface area (Å²) in [5.41, 5.74) is 0.505. The molecule has 4 heteroatoms. The van der Waals surface area contributed by atoms with E-state index in [1.165, 1.54) is 12.2 Å². The third-order valence-electron chi connectivity index (χ3n) is 1.80. The minimum absolute atomic E-state index is 0.0420. The number of hydrogen-bond donors (Lipinski definition) is 0. The fraction of sp³-hybridized carbons (Fsp3) is 0.500. The second kappa shape index (κ2) is 3.13. The first-order valence-electron chi connectivity index (χ1n) is 3.52. The number of alkyl halides is 3. The Morgan fingerprint density at radius 2 is 2.08 bits per heavy atom. The van der Waals surface area contributed by atoms with Crippen molar-refractivity contribution in [3.8, 4) is 0 Å². The summed E-state index contributed by atoms with van der Waals surface area (Å²) in [6, 6.07) is 0. The normalized spacial score (nSPS) is 24.9. The topological polar surface area (TPSA) is 0 Å². The zero-order valence-electron chi connectivity index (χ0n) is 6.45. The van der Waals surface area contributed by atoms with Gasteiger partial charge >= 0.3 is 6.18 Å². The van der Waals surface area contributed by atoms with Crippen LogP contribution in [0.25, 0.3) is 0 Å². The van der Waals surface area contributed by atoms with E-state index in [2.05, 4.69) is 0 Å². The zero-order chi connectivity index (χ0) is 9.35. The van der Waals surface area contributed by atoms with Gasteiger partial charge < -0.3 is 0 Å². The molecule has 0 nitrogen and oxygen atoms in total. The van der Waals surface area contributed by atoms with E-state index < -0.39 is 12.1 Å². The van der Waals surface area contributed by atoms with Gasteiger partial charge in [0.25, 0.3) is 0 Å². The van der Waals surface area contributed by atoms with Gasteiger partial charge in [0.05, 0.1) is 5.92 Å². The van der Waals surface area contributed by atoms with Gasteiger partial charge in [-0.2, -0.15) is 13.2 Å². The average molecular weight is 197 g/mol. The van der Waals surface area contributed by atoms with E-state index in [1.807, 2.05) is 0 Å². The first-order chi connectivity index (χ1) is 5.41. The third kappa shape index (κ3) is 2.03. The van der Waals surface area contributed by atoms with E-state index >= 15 is 0 Å². The lowest BCUT2D eigenvalue weighted by atomic mass is 9.96. The van der Waals surface area contributed by atoms with Crippen molar-refractivity contribution in [2.45, 2.75) is 19.5 Å². The summed E-state index contributed by atoms with van der Waals surface area (Å²) >= 11 is 5.61. The monoisotopic (exact) mass is 196 g/mol. The van der Waals surface area contributed by atoms with Gasteiger partial charge in [0.1, 0.15) is 0 Å². The van der Waals surface area contributed by atoms with Gasteiger partial charge in [-0.05, 0) is 18.9 Å². The Morgan fingerprint density at radius 3 is 2.50 bits per heavy atom. The lowest BCUT2D eigenvalue weighted by Crippen LogP contribution is -2.22. The Bertz CT molecular complexity index is 237. The van der Waals surface area contributed by atoms with Crippen LogP contribution in [0.5, 0.6) is 0 Å².